The predicted octanol–water partition coefficient (Wildman–Crippen LogP) is 1.92. The molecule has 0 fully saturated rings. The number of hydrogen-bond donors (Lipinski definition) is 1. The van der Waals surface area contributed by atoms with Gasteiger partial charge in [0.25, 0.3) is 0 Å². The number of hydrogen-bond acceptors (Lipinski definition) is 5. The van der Waals surface area contributed by atoms with E-state index in [2.05, 4.69) is 16.9 Å². The van der Waals surface area contributed by atoms with Gasteiger partial charge in [0.05, 0.1) is 32.2 Å². The van der Waals surface area contributed by atoms with E-state index in [1.165, 1.54) is 0 Å². The highest BCUT2D eigenvalue weighted by atomic mass is 16.5. The van der Waals surface area contributed by atoms with Gasteiger partial charge in [-0.1, -0.05) is 23.4 Å². The summed E-state index contributed by atoms with van der Waals surface area (Å²) in [6, 6.07) is 5.85. The third-order valence-electron chi connectivity index (χ3n) is 3.35. The largest absolute Gasteiger partial charge is 0.493 e. The van der Waals surface area contributed by atoms with E-state index in [0.29, 0.717) is 31.0 Å². The van der Waals surface area contributed by atoms with Gasteiger partial charge in [0.15, 0.2) is 11.5 Å². The van der Waals surface area contributed by atoms with Crippen molar-refractivity contribution in [2.45, 2.75) is 26.4 Å². The molecule has 0 saturated carbocycles. The van der Waals surface area contributed by atoms with Crippen LogP contribution in [0.5, 0.6) is 11.5 Å². The van der Waals surface area contributed by atoms with Crippen LogP contribution in [0.25, 0.3) is 0 Å². The molecule has 1 aromatic heterocycles. The second kappa shape index (κ2) is 7.09. The van der Waals surface area contributed by atoms with E-state index < -0.39 is 0 Å². The summed E-state index contributed by atoms with van der Waals surface area (Å²) in [7, 11) is 3.25. The van der Waals surface area contributed by atoms with Crippen molar-refractivity contribution in [3.63, 3.8) is 0 Å². The van der Waals surface area contributed by atoms with Gasteiger partial charge in [-0.25, -0.2) is 4.68 Å². The lowest BCUT2D eigenvalue weighted by Crippen LogP contribution is -2.09. The summed E-state index contributed by atoms with van der Waals surface area (Å²) in [5.41, 5.74) is 9.66. The van der Waals surface area contributed by atoms with Crippen LogP contribution in [-0.4, -0.2) is 29.2 Å². The van der Waals surface area contributed by atoms with E-state index in [4.69, 9.17) is 15.2 Å². The van der Waals surface area contributed by atoms with Crippen molar-refractivity contribution in [2.75, 3.05) is 14.2 Å². The molecule has 0 aliphatic heterocycles. The minimum Gasteiger partial charge on any atom is -0.493 e. The molecule has 0 amide bonds. The van der Waals surface area contributed by atoms with Gasteiger partial charge in [0, 0.05) is 13.0 Å². The first-order valence-electron chi connectivity index (χ1n) is 7.05. The summed E-state index contributed by atoms with van der Waals surface area (Å²) in [5.74, 6) is 1.41. The zero-order valence-corrected chi connectivity index (χ0v) is 13.3. The van der Waals surface area contributed by atoms with Crippen LogP contribution in [0.15, 0.2) is 30.4 Å². The highest BCUT2D eigenvalue weighted by Gasteiger charge is 2.14. The Morgan fingerprint density at radius 3 is 2.59 bits per heavy atom. The first-order chi connectivity index (χ1) is 10.6. The third kappa shape index (κ3) is 3.46. The molecule has 0 unspecified atom stereocenters. The second-order valence-electron chi connectivity index (χ2n) is 5.17. The molecule has 0 atom stereocenters. The monoisotopic (exact) mass is 302 g/mol. The van der Waals surface area contributed by atoms with E-state index in [-0.39, 0.29) is 0 Å². The highest BCUT2D eigenvalue weighted by Crippen LogP contribution is 2.28. The molecule has 6 heteroatoms. The molecule has 1 heterocycles. The standard InChI is InChI=1S/C16H22N4O2/c1-11(2)10-20-14(13(9-17)18-19-20)7-12-5-6-15(21-3)16(8-12)22-4/h5-6,8H,1,7,9-10,17H2,2-4H3. The summed E-state index contributed by atoms with van der Waals surface area (Å²) in [6.07, 6.45) is 0.674. The van der Waals surface area contributed by atoms with Crippen LogP contribution in [0.3, 0.4) is 0 Å². The van der Waals surface area contributed by atoms with E-state index >= 15 is 0 Å². The van der Waals surface area contributed by atoms with Crippen LogP contribution in [-0.2, 0) is 19.5 Å². The molecule has 118 valence electrons. The van der Waals surface area contributed by atoms with Crippen LogP contribution in [0, 0.1) is 0 Å². The molecular formula is C16H22N4O2. The van der Waals surface area contributed by atoms with Crippen molar-refractivity contribution in [1.82, 2.24) is 15.0 Å². The first-order valence-corrected chi connectivity index (χ1v) is 7.05. The van der Waals surface area contributed by atoms with Crippen molar-refractivity contribution < 1.29 is 9.47 Å². The summed E-state index contributed by atoms with van der Waals surface area (Å²) < 4.78 is 12.5. The number of nitrogens with two attached hydrogens (primary N) is 1. The summed E-state index contributed by atoms with van der Waals surface area (Å²) >= 11 is 0. The van der Waals surface area contributed by atoms with Crippen LogP contribution in [0.1, 0.15) is 23.9 Å². The normalized spacial score (nSPS) is 10.5. The first kappa shape index (κ1) is 16.0. The molecule has 0 bridgehead atoms. The van der Waals surface area contributed by atoms with Crippen molar-refractivity contribution >= 4 is 0 Å². The Hall–Kier alpha value is -2.34. The molecular weight excluding hydrogens is 280 g/mol. The topological polar surface area (TPSA) is 75.2 Å². The van der Waals surface area contributed by atoms with Gasteiger partial charge in [-0.2, -0.15) is 0 Å². The SMILES string of the molecule is C=C(C)Cn1nnc(CN)c1Cc1ccc(OC)c(OC)c1. The number of methoxy groups -OCH3 is 2. The molecule has 0 aliphatic rings. The Kier molecular flexibility index (Phi) is 5.16. The van der Waals surface area contributed by atoms with Gasteiger partial charge < -0.3 is 15.2 Å². The van der Waals surface area contributed by atoms with Crippen molar-refractivity contribution in [1.29, 1.82) is 0 Å². The average molecular weight is 302 g/mol. The Labute approximate surface area is 130 Å². The van der Waals surface area contributed by atoms with E-state index in [0.717, 1.165) is 22.5 Å². The minimum absolute atomic E-state index is 0.360. The molecule has 2 rings (SSSR count). The van der Waals surface area contributed by atoms with Crippen molar-refractivity contribution in [2.24, 2.45) is 5.73 Å². The number of aromatic nitrogens is 3. The van der Waals surface area contributed by atoms with Gasteiger partial charge in [0.1, 0.15) is 0 Å². The van der Waals surface area contributed by atoms with E-state index in [9.17, 15) is 0 Å². The summed E-state index contributed by atoms with van der Waals surface area (Å²) in [4.78, 5) is 0. The lowest BCUT2D eigenvalue weighted by Gasteiger charge is -2.11. The minimum atomic E-state index is 0.360. The fourth-order valence-corrected chi connectivity index (χ4v) is 2.29. The van der Waals surface area contributed by atoms with Crippen LogP contribution < -0.4 is 15.2 Å². The average Bonchev–Trinajstić information content (AvgIpc) is 2.88. The Balaban J connectivity index is 2.33. The number of ether oxygens (including phenoxy) is 2. The summed E-state index contributed by atoms with van der Waals surface area (Å²) in [6.45, 7) is 6.88. The fourth-order valence-electron chi connectivity index (χ4n) is 2.29. The van der Waals surface area contributed by atoms with Crippen LogP contribution in [0.4, 0.5) is 0 Å². The molecule has 0 radical (unpaired) electrons. The molecule has 1 aromatic carbocycles. The van der Waals surface area contributed by atoms with Gasteiger partial charge in [-0.3, -0.25) is 0 Å². The predicted molar refractivity (Wildman–Crippen MR) is 85.1 cm³/mol. The van der Waals surface area contributed by atoms with Gasteiger partial charge in [-0.15, -0.1) is 5.10 Å². The second-order valence-corrected chi connectivity index (χ2v) is 5.17. The molecule has 0 aliphatic carbocycles. The highest BCUT2D eigenvalue weighted by molar-refractivity contribution is 5.44. The van der Waals surface area contributed by atoms with Crippen LogP contribution >= 0.6 is 0 Å². The van der Waals surface area contributed by atoms with Gasteiger partial charge in [0.2, 0.25) is 0 Å². The maximum absolute atomic E-state index is 5.77. The smallest absolute Gasteiger partial charge is 0.160 e. The number of nitrogens with zero attached hydrogens (tertiary/aromatic N) is 3. The number of benzene rings is 1. The maximum atomic E-state index is 5.77. The lowest BCUT2D eigenvalue weighted by molar-refractivity contribution is 0.354. The van der Waals surface area contributed by atoms with Crippen molar-refractivity contribution in [3.8, 4) is 11.5 Å². The molecule has 0 spiro atoms. The Morgan fingerprint density at radius 2 is 2.00 bits per heavy atom. The molecule has 22 heavy (non-hydrogen) atoms. The third-order valence-corrected chi connectivity index (χ3v) is 3.35. The fraction of sp³-hybridized carbons (Fsp3) is 0.375. The Bertz CT molecular complexity index is 664. The van der Waals surface area contributed by atoms with Gasteiger partial charge in [-0.05, 0) is 24.6 Å². The van der Waals surface area contributed by atoms with Gasteiger partial charge >= 0.3 is 0 Å². The number of rotatable bonds is 7. The molecule has 6 nitrogen and oxygen atoms in total. The quantitative estimate of drug-likeness (QED) is 0.791. The molecule has 2 aromatic rings. The lowest BCUT2D eigenvalue weighted by atomic mass is 10.1. The van der Waals surface area contributed by atoms with Crippen LogP contribution in [0.2, 0.25) is 0 Å². The zero-order valence-electron chi connectivity index (χ0n) is 13.3. The van der Waals surface area contributed by atoms with E-state index in [1.54, 1.807) is 14.2 Å². The van der Waals surface area contributed by atoms with Crippen molar-refractivity contribution in [3.05, 3.63) is 47.3 Å². The molecule has 0 saturated heterocycles. The van der Waals surface area contributed by atoms with E-state index in [1.807, 2.05) is 29.8 Å². The maximum Gasteiger partial charge on any atom is 0.160 e. The number of allylic oxidation sites excluding steroid dienone is 1. The zero-order chi connectivity index (χ0) is 16.1. The summed E-state index contributed by atoms with van der Waals surface area (Å²) in [5, 5.41) is 8.32. The Morgan fingerprint density at radius 1 is 1.27 bits per heavy atom. The molecule has 2 N–H and O–H groups in total.